The molecule has 4 bridgehead atoms. The van der Waals surface area contributed by atoms with E-state index in [2.05, 4.69) is 10.3 Å². The van der Waals surface area contributed by atoms with Crippen molar-refractivity contribution in [2.24, 2.45) is 23.2 Å². The van der Waals surface area contributed by atoms with Gasteiger partial charge < -0.3 is 14.5 Å². The molecule has 148 valence electrons. The van der Waals surface area contributed by atoms with E-state index in [9.17, 15) is 9.59 Å². The summed E-state index contributed by atoms with van der Waals surface area (Å²) < 4.78 is 10.7. The van der Waals surface area contributed by atoms with Gasteiger partial charge in [-0.15, -0.1) is 0 Å². The predicted molar refractivity (Wildman–Crippen MR) is 102 cm³/mol. The van der Waals surface area contributed by atoms with E-state index in [0.717, 1.165) is 23.3 Å². The van der Waals surface area contributed by atoms with Gasteiger partial charge in [0.15, 0.2) is 12.2 Å². The van der Waals surface area contributed by atoms with E-state index in [0.29, 0.717) is 17.9 Å². The molecular weight excluding hydrogens is 356 g/mol. The molecule has 6 nitrogen and oxygen atoms in total. The van der Waals surface area contributed by atoms with Crippen molar-refractivity contribution in [1.29, 1.82) is 0 Å². The molecule has 4 saturated carbocycles. The van der Waals surface area contributed by atoms with Crippen molar-refractivity contribution in [3.8, 4) is 0 Å². The molecule has 0 unspecified atom stereocenters. The maximum atomic E-state index is 12.5. The lowest BCUT2D eigenvalue weighted by atomic mass is 9.49. The third-order valence-corrected chi connectivity index (χ3v) is 6.83. The summed E-state index contributed by atoms with van der Waals surface area (Å²) in [5.74, 6) is 2.32. The van der Waals surface area contributed by atoms with Gasteiger partial charge in [-0.3, -0.25) is 9.59 Å². The van der Waals surface area contributed by atoms with Crippen LogP contribution in [0.2, 0.25) is 0 Å². The zero-order valence-electron chi connectivity index (χ0n) is 16.0. The van der Waals surface area contributed by atoms with Gasteiger partial charge in [0.2, 0.25) is 11.8 Å². The number of esters is 1. The Balaban J connectivity index is 1.09. The average Bonchev–Trinajstić information content (AvgIpc) is 3.06. The molecule has 0 radical (unpaired) electrons. The fourth-order valence-electron chi connectivity index (χ4n) is 6.26. The van der Waals surface area contributed by atoms with Crippen LogP contribution in [0.4, 0.5) is 0 Å². The molecule has 1 N–H and O–H groups in total. The molecular formula is C22H26N2O4. The Kier molecular flexibility index (Phi) is 4.37. The monoisotopic (exact) mass is 382 g/mol. The molecule has 28 heavy (non-hydrogen) atoms. The Morgan fingerprint density at radius 2 is 1.79 bits per heavy atom. The molecule has 1 amide bonds. The number of hydrogen-bond acceptors (Lipinski definition) is 5. The van der Waals surface area contributed by atoms with Crippen molar-refractivity contribution >= 4 is 23.0 Å². The summed E-state index contributed by atoms with van der Waals surface area (Å²) in [4.78, 5) is 28.7. The summed E-state index contributed by atoms with van der Waals surface area (Å²) in [7, 11) is 0. The molecule has 1 aromatic carbocycles. The van der Waals surface area contributed by atoms with Crippen molar-refractivity contribution in [3.05, 3.63) is 30.2 Å². The van der Waals surface area contributed by atoms with E-state index < -0.39 is 5.97 Å². The van der Waals surface area contributed by atoms with Gasteiger partial charge in [0, 0.05) is 6.42 Å². The molecule has 6 rings (SSSR count). The van der Waals surface area contributed by atoms with Crippen LogP contribution in [0.15, 0.2) is 28.7 Å². The van der Waals surface area contributed by atoms with E-state index in [1.165, 1.54) is 38.5 Å². The quantitative estimate of drug-likeness (QED) is 0.772. The van der Waals surface area contributed by atoms with Crippen LogP contribution in [0.1, 0.15) is 50.8 Å². The van der Waals surface area contributed by atoms with Crippen molar-refractivity contribution in [3.63, 3.8) is 0 Å². The number of oxazole rings is 1. The van der Waals surface area contributed by atoms with Gasteiger partial charge in [-0.05, 0) is 73.8 Å². The van der Waals surface area contributed by atoms with Crippen LogP contribution in [0, 0.1) is 23.2 Å². The smallest absolute Gasteiger partial charge is 0.325 e. The number of carbonyl (C=O) groups excluding carboxylic acids is 2. The van der Waals surface area contributed by atoms with Crippen LogP contribution < -0.4 is 5.32 Å². The van der Waals surface area contributed by atoms with Gasteiger partial charge in [-0.1, -0.05) is 12.1 Å². The number of nitrogens with one attached hydrogen (secondary N) is 1. The first-order chi connectivity index (χ1) is 13.6. The summed E-state index contributed by atoms with van der Waals surface area (Å²) >= 11 is 0. The lowest BCUT2D eigenvalue weighted by Crippen LogP contribution is -2.48. The van der Waals surface area contributed by atoms with Crippen LogP contribution >= 0.6 is 0 Å². The minimum Gasteiger partial charge on any atom is -0.454 e. The van der Waals surface area contributed by atoms with Crippen molar-refractivity contribution in [2.75, 3.05) is 6.54 Å². The summed E-state index contributed by atoms with van der Waals surface area (Å²) in [6.07, 6.45) is 8.21. The summed E-state index contributed by atoms with van der Waals surface area (Å²) in [6.45, 7) is -0.135. The first-order valence-corrected chi connectivity index (χ1v) is 10.3. The van der Waals surface area contributed by atoms with Gasteiger partial charge >= 0.3 is 5.97 Å². The largest absolute Gasteiger partial charge is 0.454 e. The number of rotatable bonds is 6. The highest BCUT2D eigenvalue weighted by atomic mass is 16.5. The average molecular weight is 382 g/mol. The number of aromatic nitrogens is 1. The first kappa shape index (κ1) is 17.7. The third kappa shape index (κ3) is 3.52. The highest BCUT2D eigenvalue weighted by Crippen LogP contribution is 2.61. The van der Waals surface area contributed by atoms with Gasteiger partial charge in [0.25, 0.3) is 0 Å². The third-order valence-electron chi connectivity index (χ3n) is 6.83. The lowest BCUT2D eigenvalue weighted by Gasteiger charge is -2.56. The molecule has 0 atom stereocenters. The molecule has 1 heterocycles. The minimum absolute atomic E-state index is 0.0271. The molecule has 1 aromatic heterocycles. The molecule has 0 saturated heterocycles. The Labute approximate surface area is 164 Å². The summed E-state index contributed by atoms with van der Waals surface area (Å²) in [6, 6.07) is 7.40. The Morgan fingerprint density at radius 1 is 1.11 bits per heavy atom. The van der Waals surface area contributed by atoms with Crippen LogP contribution in [-0.2, 0) is 20.9 Å². The number of fused-ring (bicyclic) bond motifs is 1. The van der Waals surface area contributed by atoms with Crippen LogP contribution in [0.5, 0.6) is 0 Å². The van der Waals surface area contributed by atoms with Crippen LogP contribution in [0.25, 0.3) is 11.1 Å². The molecule has 4 aliphatic rings. The number of benzene rings is 1. The number of carbonyl (C=O) groups is 2. The minimum atomic E-state index is -0.471. The molecule has 2 aromatic rings. The fourth-order valence-corrected chi connectivity index (χ4v) is 6.26. The second-order valence-electron chi connectivity index (χ2n) is 9.11. The zero-order valence-corrected chi connectivity index (χ0v) is 16.0. The van der Waals surface area contributed by atoms with Crippen molar-refractivity contribution in [1.82, 2.24) is 10.3 Å². The topological polar surface area (TPSA) is 81.4 Å². The predicted octanol–water partition coefficient (Wildman–Crippen LogP) is 3.59. The second-order valence-corrected chi connectivity index (χ2v) is 9.11. The van der Waals surface area contributed by atoms with Gasteiger partial charge in [0.1, 0.15) is 12.1 Å². The maximum absolute atomic E-state index is 12.5. The van der Waals surface area contributed by atoms with E-state index in [4.69, 9.17) is 9.15 Å². The second kappa shape index (κ2) is 6.90. The number of amides is 1. The van der Waals surface area contributed by atoms with E-state index in [1.807, 2.05) is 24.3 Å². The Hall–Kier alpha value is -2.37. The zero-order chi connectivity index (χ0) is 19.1. The fraction of sp³-hybridized carbons (Fsp3) is 0.591. The summed E-state index contributed by atoms with van der Waals surface area (Å²) in [5.41, 5.74) is 1.58. The van der Waals surface area contributed by atoms with Crippen molar-refractivity contribution in [2.45, 2.75) is 51.6 Å². The Bertz CT molecular complexity index is 835. The van der Waals surface area contributed by atoms with E-state index in [-0.39, 0.29) is 24.5 Å². The normalized spacial score (nSPS) is 30.5. The van der Waals surface area contributed by atoms with Gasteiger partial charge in [-0.25, -0.2) is 4.98 Å². The number of hydrogen-bond donors (Lipinski definition) is 1. The number of para-hydroxylation sites is 2. The van der Waals surface area contributed by atoms with Crippen LogP contribution in [-0.4, -0.2) is 23.4 Å². The lowest BCUT2D eigenvalue weighted by molar-refractivity contribution is -0.146. The number of ether oxygens (including phenoxy) is 1. The molecule has 4 fully saturated rings. The van der Waals surface area contributed by atoms with E-state index >= 15 is 0 Å². The van der Waals surface area contributed by atoms with Gasteiger partial charge in [0.05, 0.1) is 0 Å². The standard InChI is InChI=1S/C22H26N2O4/c25-19(11-22-8-14-5-15(9-22)7-16(6-14)10-22)23-12-21(26)27-13-20-24-17-3-1-2-4-18(17)28-20/h1-4,14-16H,5-13H2,(H,23,25). The SMILES string of the molecule is O=C(CC12CC3CC(CC(C3)C1)C2)NCC(=O)OCc1nc2ccccc2o1. The van der Waals surface area contributed by atoms with E-state index in [1.54, 1.807) is 0 Å². The molecule has 6 heteroatoms. The molecule has 0 aliphatic heterocycles. The molecule has 4 aliphatic carbocycles. The highest BCUT2D eigenvalue weighted by molar-refractivity contribution is 5.82. The van der Waals surface area contributed by atoms with Crippen molar-refractivity contribution < 1.29 is 18.7 Å². The summed E-state index contributed by atoms with van der Waals surface area (Å²) in [5, 5.41) is 2.76. The van der Waals surface area contributed by atoms with Crippen LogP contribution in [0.3, 0.4) is 0 Å². The van der Waals surface area contributed by atoms with Gasteiger partial charge in [-0.2, -0.15) is 0 Å². The highest BCUT2D eigenvalue weighted by Gasteiger charge is 2.51. The maximum Gasteiger partial charge on any atom is 0.325 e. The Morgan fingerprint density at radius 3 is 2.46 bits per heavy atom. The first-order valence-electron chi connectivity index (χ1n) is 10.3. The number of nitrogens with zero attached hydrogens (tertiary/aromatic N) is 1. The molecule has 0 spiro atoms.